The predicted molar refractivity (Wildman–Crippen MR) is 110 cm³/mol. The molecule has 12 nitrogen and oxygen atoms in total. The van der Waals surface area contributed by atoms with Crippen LogP contribution in [0.3, 0.4) is 0 Å². The molecule has 0 aliphatic carbocycles. The number of hydrogen-bond acceptors (Lipinski definition) is 8. The Morgan fingerprint density at radius 1 is 0.903 bits per heavy atom. The SMILES string of the molecule is NC(CS)C(=O)NC(CC(=O)O)C(=O)NC(Cc1ccc(O)cc1)C(=O)NCC(=O)O. The first kappa shape index (κ1) is 25.7. The summed E-state index contributed by atoms with van der Waals surface area (Å²) in [5.41, 5.74) is 6.04. The van der Waals surface area contributed by atoms with Crippen LogP contribution < -0.4 is 21.7 Å². The van der Waals surface area contributed by atoms with Crippen molar-refractivity contribution in [3.8, 4) is 5.75 Å². The third-order valence-electron chi connectivity index (χ3n) is 3.97. The topological polar surface area (TPSA) is 208 Å². The first-order valence-electron chi connectivity index (χ1n) is 8.99. The van der Waals surface area contributed by atoms with Crippen LogP contribution in [0.4, 0.5) is 0 Å². The molecule has 0 fully saturated rings. The quantitative estimate of drug-likeness (QED) is 0.161. The van der Waals surface area contributed by atoms with Crippen molar-refractivity contribution in [2.24, 2.45) is 5.73 Å². The Morgan fingerprint density at radius 3 is 2.00 bits per heavy atom. The van der Waals surface area contributed by atoms with Crippen LogP contribution in [0.1, 0.15) is 12.0 Å². The number of amides is 3. The van der Waals surface area contributed by atoms with Crippen LogP contribution in [-0.4, -0.2) is 75.4 Å². The van der Waals surface area contributed by atoms with E-state index in [1.165, 1.54) is 24.3 Å². The maximum Gasteiger partial charge on any atom is 0.322 e. The first-order chi connectivity index (χ1) is 14.5. The summed E-state index contributed by atoms with van der Waals surface area (Å²) in [5, 5.41) is 33.8. The summed E-state index contributed by atoms with van der Waals surface area (Å²) in [6.45, 7) is -0.702. The average molecular weight is 456 g/mol. The van der Waals surface area contributed by atoms with Crippen LogP contribution in [0.2, 0.25) is 0 Å². The molecule has 0 bridgehead atoms. The zero-order chi connectivity index (χ0) is 23.6. The van der Waals surface area contributed by atoms with E-state index in [1.54, 1.807) is 0 Å². The Hall–Kier alpha value is -3.32. The van der Waals surface area contributed by atoms with Gasteiger partial charge in [0.05, 0.1) is 12.5 Å². The Kier molecular flexibility index (Phi) is 10.3. The molecule has 31 heavy (non-hydrogen) atoms. The minimum atomic E-state index is -1.54. The van der Waals surface area contributed by atoms with Gasteiger partial charge in [-0.05, 0) is 17.7 Å². The van der Waals surface area contributed by atoms with Gasteiger partial charge in [-0.2, -0.15) is 12.6 Å². The van der Waals surface area contributed by atoms with Crippen molar-refractivity contribution in [3.05, 3.63) is 29.8 Å². The summed E-state index contributed by atoms with van der Waals surface area (Å²) < 4.78 is 0. The van der Waals surface area contributed by atoms with E-state index in [-0.39, 0.29) is 17.9 Å². The van der Waals surface area contributed by atoms with Gasteiger partial charge in [0.25, 0.3) is 0 Å². The smallest absolute Gasteiger partial charge is 0.322 e. The maximum atomic E-state index is 12.6. The molecule has 1 aromatic rings. The average Bonchev–Trinajstić information content (AvgIpc) is 2.71. The number of carbonyl (C=O) groups is 5. The van der Waals surface area contributed by atoms with E-state index >= 15 is 0 Å². The number of nitrogens with two attached hydrogens (primary N) is 1. The van der Waals surface area contributed by atoms with Crippen molar-refractivity contribution in [1.29, 1.82) is 0 Å². The maximum absolute atomic E-state index is 12.6. The van der Waals surface area contributed by atoms with Crippen LogP contribution in [0.15, 0.2) is 24.3 Å². The fourth-order valence-corrected chi connectivity index (χ4v) is 2.55. The molecule has 0 aliphatic heterocycles. The molecule has 0 heterocycles. The molecule has 0 radical (unpaired) electrons. The number of carboxylic acid groups (broad SMARTS) is 2. The van der Waals surface area contributed by atoms with Gasteiger partial charge in [-0.1, -0.05) is 12.1 Å². The molecule has 0 saturated heterocycles. The minimum absolute atomic E-state index is 0.0237. The highest BCUT2D eigenvalue weighted by atomic mass is 32.1. The van der Waals surface area contributed by atoms with Crippen molar-refractivity contribution in [2.75, 3.05) is 12.3 Å². The highest BCUT2D eigenvalue weighted by Gasteiger charge is 2.29. The summed E-state index contributed by atoms with van der Waals surface area (Å²) in [6, 6.07) is 1.78. The molecule has 0 aromatic heterocycles. The fourth-order valence-electron chi connectivity index (χ4n) is 2.38. The van der Waals surface area contributed by atoms with E-state index in [2.05, 4.69) is 28.6 Å². The lowest BCUT2D eigenvalue weighted by Crippen LogP contribution is -2.57. The standard InChI is InChI=1S/C18H24N4O8S/c19-11(8-31)16(28)21-13(6-14(24)25)18(30)22-12(17(29)20-7-15(26)27)5-9-1-3-10(23)4-2-9/h1-4,11-13,23,31H,5-8,19H2,(H,20,29)(H,21,28)(H,22,30)(H,24,25)(H,26,27). The Labute approximate surface area is 182 Å². The van der Waals surface area contributed by atoms with Gasteiger partial charge in [0.1, 0.15) is 24.4 Å². The molecule has 13 heteroatoms. The molecule has 8 N–H and O–H groups in total. The lowest BCUT2D eigenvalue weighted by molar-refractivity contribution is -0.141. The van der Waals surface area contributed by atoms with Crippen LogP contribution in [0.5, 0.6) is 5.75 Å². The number of thiol groups is 1. The second-order valence-corrected chi connectivity index (χ2v) is 6.86. The van der Waals surface area contributed by atoms with Gasteiger partial charge in [-0.25, -0.2) is 0 Å². The second-order valence-electron chi connectivity index (χ2n) is 6.49. The van der Waals surface area contributed by atoms with Crippen molar-refractivity contribution in [1.82, 2.24) is 16.0 Å². The molecule has 3 amide bonds. The normalized spacial score (nSPS) is 13.4. The minimum Gasteiger partial charge on any atom is -0.508 e. The van der Waals surface area contributed by atoms with E-state index in [0.29, 0.717) is 5.56 Å². The second kappa shape index (κ2) is 12.4. The van der Waals surface area contributed by atoms with Gasteiger partial charge in [-0.3, -0.25) is 24.0 Å². The molecule has 1 aromatic carbocycles. The molecule has 1 rings (SSSR count). The number of benzene rings is 1. The number of nitrogens with one attached hydrogen (secondary N) is 3. The Bertz CT molecular complexity index is 817. The third kappa shape index (κ3) is 9.35. The summed E-state index contributed by atoms with van der Waals surface area (Å²) in [4.78, 5) is 58.8. The number of carboxylic acids is 2. The van der Waals surface area contributed by atoms with Crippen LogP contribution >= 0.6 is 12.6 Å². The zero-order valence-corrected chi connectivity index (χ0v) is 17.2. The number of phenolic OH excluding ortho intramolecular Hbond substituents is 1. The van der Waals surface area contributed by atoms with Gasteiger partial charge in [-0.15, -0.1) is 0 Å². The summed E-state index contributed by atoms with van der Waals surface area (Å²) >= 11 is 3.86. The molecule has 0 aliphatic rings. The highest BCUT2D eigenvalue weighted by molar-refractivity contribution is 7.80. The van der Waals surface area contributed by atoms with Gasteiger partial charge in [0.2, 0.25) is 17.7 Å². The van der Waals surface area contributed by atoms with E-state index in [4.69, 9.17) is 15.9 Å². The summed E-state index contributed by atoms with van der Waals surface area (Å²) in [5.74, 6) is -5.38. The number of rotatable bonds is 12. The van der Waals surface area contributed by atoms with Crippen LogP contribution in [-0.2, 0) is 30.4 Å². The lowest BCUT2D eigenvalue weighted by atomic mass is 10.0. The highest BCUT2D eigenvalue weighted by Crippen LogP contribution is 2.12. The fraction of sp³-hybridized carbons (Fsp3) is 0.389. The number of aliphatic carboxylic acids is 2. The number of hydrogen-bond donors (Lipinski definition) is 8. The Morgan fingerprint density at radius 2 is 1.48 bits per heavy atom. The molecule has 3 unspecified atom stereocenters. The zero-order valence-electron chi connectivity index (χ0n) is 16.3. The van der Waals surface area contributed by atoms with Gasteiger partial charge < -0.3 is 37.0 Å². The van der Waals surface area contributed by atoms with Gasteiger partial charge in [0, 0.05) is 12.2 Å². The van der Waals surface area contributed by atoms with Gasteiger partial charge in [0.15, 0.2) is 0 Å². The summed E-state index contributed by atoms with van der Waals surface area (Å²) in [6.07, 6.45) is -0.874. The number of phenols is 1. The Balaban J connectivity index is 3.02. The molecule has 170 valence electrons. The molecular formula is C18H24N4O8S. The molecular weight excluding hydrogens is 432 g/mol. The lowest BCUT2D eigenvalue weighted by Gasteiger charge is -2.23. The molecule has 3 atom stereocenters. The van der Waals surface area contributed by atoms with Crippen molar-refractivity contribution in [3.63, 3.8) is 0 Å². The van der Waals surface area contributed by atoms with Gasteiger partial charge >= 0.3 is 11.9 Å². The molecule has 0 saturated carbocycles. The van der Waals surface area contributed by atoms with E-state index in [9.17, 15) is 29.1 Å². The van der Waals surface area contributed by atoms with Crippen LogP contribution in [0, 0.1) is 0 Å². The number of aromatic hydroxyl groups is 1. The van der Waals surface area contributed by atoms with E-state index < -0.39 is 60.8 Å². The van der Waals surface area contributed by atoms with Crippen molar-refractivity contribution < 1.29 is 39.3 Å². The molecule has 0 spiro atoms. The number of carbonyl (C=O) groups excluding carboxylic acids is 3. The third-order valence-corrected chi connectivity index (χ3v) is 4.36. The predicted octanol–water partition coefficient (Wildman–Crippen LogP) is -2.16. The van der Waals surface area contributed by atoms with Crippen molar-refractivity contribution in [2.45, 2.75) is 31.0 Å². The first-order valence-corrected chi connectivity index (χ1v) is 9.63. The monoisotopic (exact) mass is 456 g/mol. The van der Waals surface area contributed by atoms with E-state index in [1.807, 2.05) is 0 Å². The summed E-state index contributed by atoms with van der Waals surface area (Å²) in [7, 11) is 0. The van der Waals surface area contributed by atoms with E-state index in [0.717, 1.165) is 0 Å². The largest absolute Gasteiger partial charge is 0.508 e. The van der Waals surface area contributed by atoms with Crippen LogP contribution in [0.25, 0.3) is 0 Å². The van der Waals surface area contributed by atoms with Crippen molar-refractivity contribution >= 4 is 42.3 Å².